The van der Waals surface area contributed by atoms with Crippen LogP contribution in [0.15, 0.2) is 54.9 Å². The molecule has 6 heteroatoms. The van der Waals surface area contributed by atoms with Gasteiger partial charge in [0.05, 0.1) is 11.3 Å². The van der Waals surface area contributed by atoms with Gasteiger partial charge in [-0.2, -0.15) is 5.10 Å². The van der Waals surface area contributed by atoms with Gasteiger partial charge in [0, 0.05) is 57.2 Å². The molecule has 3 aromatic rings. The third-order valence-corrected chi connectivity index (χ3v) is 4.90. The number of hydrogen-bond donors (Lipinski definition) is 2. The van der Waals surface area contributed by atoms with E-state index in [1.807, 2.05) is 30.6 Å². The van der Waals surface area contributed by atoms with Crippen LogP contribution in [0, 0.1) is 0 Å². The molecule has 1 aliphatic heterocycles. The SMILES string of the molecule is NCCN1CCN(c2n[nH]c(-c3ccccc3)c2-c2ccncc2)CC1. The molecule has 0 unspecified atom stereocenters. The lowest BCUT2D eigenvalue weighted by atomic mass is 10.0. The molecule has 0 saturated carbocycles. The Labute approximate surface area is 153 Å². The Balaban J connectivity index is 1.71. The van der Waals surface area contributed by atoms with Crippen molar-refractivity contribution in [1.29, 1.82) is 0 Å². The van der Waals surface area contributed by atoms with Crippen molar-refractivity contribution in [3.05, 3.63) is 54.9 Å². The number of hydrogen-bond acceptors (Lipinski definition) is 5. The summed E-state index contributed by atoms with van der Waals surface area (Å²) in [5.74, 6) is 1.02. The van der Waals surface area contributed by atoms with Gasteiger partial charge in [-0.05, 0) is 17.7 Å². The van der Waals surface area contributed by atoms with E-state index in [2.05, 4.69) is 44.1 Å². The van der Waals surface area contributed by atoms with E-state index in [4.69, 9.17) is 10.8 Å². The molecule has 4 rings (SSSR count). The Hall–Kier alpha value is -2.70. The molecule has 1 fully saturated rings. The molecule has 134 valence electrons. The van der Waals surface area contributed by atoms with Crippen molar-refractivity contribution in [3.63, 3.8) is 0 Å². The van der Waals surface area contributed by atoms with E-state index in [9.17, 15) is 0 Å². The van der Waals surface area contributed by atoms with Crippen LogP contribution in [-0.2, 0) is 0 Å². The summed E-state index contributed by atoms with van der Waals surface area (Å²) < 4.78 is 0. The number of H-pyrrole nitrogens is 1. The standard InChI is InChI=1S/C20H24N6/c21-8-11-25-12-14-26(15-13-25)20-18(16-6-9-22-10-7-16)19(23-24-20)17-4-2-1-3-5-17/h1-7,9-10H,8,11-15,21H2,(H,23,24). The summed E-state index contributed by atoms with van der Waals surface area (Å²) in [4.78, 5) is 8.94. The van der Waals surface area contributed by atoms with Gasteiger partial charge in [-0.3, -0.25) is 15.0 Å². The predicted molar refractivity (Wildman–Crippen MR) is 105 cm³/mol. The molecule has 0 atom stereocenters. The van der Waals surface area contributed by atoms with Crippen LogP contribution in [-0.4, -0.2) is 59.3 Å². The van der Waals surface area contributed by atoms with E-state index in [0.29, 0.717) is 6.54 Å². The van der Waals surface area contributed by atoms with Crippen LogP contribution in [0.25, 0.3) is 22.4 Å². The zero-order valence-corrected chi connectivity index (χ0v) is 14.8. The molecule has 26 heavy (non-hydrogen) atoms. The van der Waals surface area contributed by atoms with Gasteiger partial charge in [-0.1, -0.05) is 30.3 Å². The van der Waals surface area contributed by atoms with Crippen molar-refractivity contribution < 1.29 is 0 Å². The van der Waals surface area contributed by atoms with Gasteiger partial charge in [0.25, 0.3) is 0 Å². The van der Waals surface area contributed by atoms with Gasteiger partial charge >= 0.3 is 0 Å². The maximum atomic E-state index is 5.69. The molecule has 0 aliphatic carbocycles. The predicted octanol–water partition coefficient (Wildman–Crippen LogP) is 2.22. The molecule has 1 aromatic carbocycles. The Morgan fingerprint density at radius 2 is 1.65 bits per heavy atom. The van der Waals surface area contributed by atoms with Crippen molar-refractivity contribution in [1.82, 2.24) is 20.1 Å². The van der Waals surface area contributed by atoms with Crippen LogP contribution in [0.3, 0.4) is 0 Å². The Morgan fingerprint density at radius 1 is 0.923 bits per heavy atom. The number of anilines is 1. The van der Waals surface area contributed by atoms with Crippen LogP contribution in [0.5, 0.6) is 0 Å². The third-order valence-electron chi connectivity index (χ3n) is 4.90. The normalized spacial score (nSPS) is 15.3. The van der Waals surface area contributed by atoms with Gasteiger partial charge < -0.3 is 10.6 Å². The van der Waals surface area contributed by atoms with Crippen molar-refractivity contribution in [2.45, 2.75) is 0 Å². The zero-order chi connectivity index (χ0) is 17.8. The molecule has 0 amide bonds. The van der Waals surface area contributed by atoms with E-state index in [0.717, 1.165) is 60.9 Å². The Bertz CT molecular complexity index is 822. The highest BCUT2D eigenvalue weighted by Gasteiger charge is 2.24. The molecular weight excluding hydrogens is 324 g/mol. The number of nitrogens with zero attached hydrogens (tertiary/aromatic N) is 4. The number of pyridine rings is 1. The monoisotopic (exact) mass is 348 g/mol. The second-order valence-electron chi connectivity index (χ2n) is 6.52. The number of nitrogens with two attached hydrogens (primary N) is 1. The summed E-state index contributed by atoms with van der Waals surface area (Å²) >= 11 is 0. The Kier molecular flexibility index (Phi) is 4.95. The van der Waals surface area contributed by atoms with Gasteiger partial charge in [0.15, 0.2) is 5.82 Å². The van der Waals surface area contributed by atoms with Crippen molar-refractivity contribution in [2.75, 3.05) is 44.2 Å². The summed E-state index contributed by atoms with van der Waals surface area (Å²) in [5.41, 5.74) is 10.2. The summed E-state index contributed by atoms with van der Waals surface area (Å²) in [6, 6.07) is 14.5. The van der Waals surface area contributed by atoms with E-state index < -0.39 is 0 Å². The highest BCUT2D eigenvalue weighted by molar-refractivity contribution is 5.88. The van der Waals surface area contributed by atoms with E-state index in [1.165, 1.54) is 0 Å². The largest absolute Gasteiger partial charge is 0.352 e. The molecule has 3 heterocycles. The second-order valence-corrected chi connectivity index (χ2v) is 6.52. The molecule has 1 aliphatic rings. The van der Waals surface area contributed by atoms with E-state index in [-0.39, 0.29) is 0 Å². The maximum absolute atomic E-state index is 5.69. The first-order chi connectivity index (χ1) is 12.9. The molecule has 0 radical (unpaired) electrons. The first-order valence-corrected chi connectivity index (χ1v) is 9.08. The highest BCUT2D eigenvalue weighted by atomic mass is 15.3. The van der Waals surface area contributed by atoms with E-state index >= 15 is 0 Å². The first kappa shape index (κ1) is 16.8. The highest BCUT2D eigenvalue weighted by Crippen LogP contribution is 2.37. The summed E-state index contributed by atoms with van der Waals surface area (Å²) in [6.45, 7) is 5.61. The Morgan fingerprint density at radius 3 is 2.35 bits per heavy atom. The molecule has 3 N–H and O–H groups in total. The minimum Gasteiger partial charge on any atom is -0.352 e. The summed E-state index contributed by atoms with van der Waals surface area (Å²) in [5, 5.41) is 7.98. The molecule has 1 saturated heterocycles. The second kappa shape index (κ2) is 7.68. The molecule has 0 spiro atoms. The first-order valence-electron chi connectivity index (χ1n) is 9.08. The topological polar surface area (TPSA) is 74.1 Å². The van der Waals surface area contributed by atoms with Crippen LogP contribution >= 0.6 is 0 Å². The molecular formula is C20H24N6. The number of benzene rings is 1. The number of nitrogens with one attached hydrogen (secondary N) is 1. The lowest BCUT2D eigenvalue weighted by Crippen LogP contribution is -2.48. The number of aromatic amines is 1. The zero-order valence-electron chi connectivity index (χ0n) is 14.8. The summed E-state index contributed by atoms with van der Waals surface area (Å²) in [6.07, 6.45) is 3.67. The number of piperazine rings is 1. The van der Waals surface area contributed by atoms with Gasteiger partial charge in [0.1, 0.15) is 0 Å². The lowest BCUT2D eigenvalue weighted by Gasteiger charge is -2.35. The average molecular weight is 348 g/mol. The van der Waals surface area contributed by atoms with Crippen LogP contribution in [0.2, 0.25) is 0 Å². The fourth-order valence-corrected chi connectivity index (χ4v) is 3.53. The summed E-state index contributed by atoms with van der Waals surface area (Å²) in [7, 11) is 0. The van der Waals surface area contributed by atoms with Crippen LogP contribution < -0.4 is 10.6 Å². The quantitative estimate of drug-likeness (QED) is 0.740. The third kappa shape index (κ3) is 3.34. The number of aromatic nitrogens is 3. The van der Waals surface area contributed by atoms with Gasteiger partial charge in [0.2, 0.25) is 0 Å². The lowest BCUT2D eigenvalue weighted by molar-refractivity contribution is 0.264. The fraction of sp³-hybridized carbons (Fsp3) is 0.300. The van der Waals surface area contributed by atoms with E-state index in [1.54, 1.807) is 0 Å². The average Bonchev–Trinajstić information content (AvgIpc) is 3.15. The van der Waals surface area contributed by atoms with Crippen LogP contribution in [0.4, 0.5) is 5.82 Å². The smallest absolute Gasteiger partial charge is 0.159 e. The van der Waals surface area contributed by atoms with Gasteiger partial charge in [-0.25, -0.2) is 0 Å². The van der Waals surface area contributed by atoms with Crippen molar-refractivity contribution >= 4 is 5.82 Å². The minimum absolute atomic E-state index is 0.711. The molecule has 0 bridgehead atoms. The number of rotatable bonds is 5. The maximum Gasteiger partial charge on any atom is 0.159 e. The minimum atomic E-state index is 0.711. The van der Waals surface area contributed by atoms with Gasteiger partial charge in [-0.15, -0.1) is 0 Å². The van der Waals surface area contributed by atoms with Crippen LogP contribution in [0.1, 0.15) is 0 Å². The molecule has 6 nitrogen and oxygen atoms in total. The molecule has 2 aromatic heterocycles. The van der Waals surface area contributed by atoms with Crippen molar-refractivity contribution in [3.8, 4) is 22.4 Å². The van der Waals surface area contributed by atoms with Crippen molar-refractivity contribution in [2.24, 2.45) is 5.73 Å². The fourth-order valence-electron chi connectivity index (χ4n) is 3.53.